The third kappa shape index (κ3) is 4.87. The van der Waals surface area contributed by atoms with Crippen LogP contribution < -0.4 is 11.0 Å². The van der Waals surface area contributed by atoms with E-state index in [1.807, 2.05) is 0 Å². The third-order valence-electron chi connectivity index (χ3n) is 5.70. The van der Waals surface area contributed by atoms with E-state index in [1.165, 1.54) is 32.4 Å². The summed E-state index contributed by atoms with van der Waals surface area (Å²) in [6.07, 6.45) is 8.20. The molecule has 0 spiro atoms. The number of fused-ring (bicyclic) bond motifs is 1. The summed E-state index contributed by atoms with van der Waals surface area (Å²) in [5.41, 5.74) is 1.98. The molecule has 0 bridgehead atoms. The minimum Gasteiger partial charge on any atom is -0.479 e. The molecule has 1 saturated heterocycles. The normalized spacial score (nSPS) is 18.0. The van der Waals surface area contributed by atoms with Crippen LogP contribution >= 0.6 is 0 Å². The molecule has 1 fully saturated rings. The van der Waals surface area contributed by atoms with Gasteiger partial charge in [0.05, 0.1) is 12.3 Å². The summed E-state index contributed by atoms with van der Waals surface area (Å²) in [7, 11) is 0. The topological polar surface area (TPSA) is 86.1 Å². The van der Waals surface area contributed by atoms with E-state index in [2.05, 4.69) is 29.0 Å². The molecule has 7 heteroatoms. The summed E-state index contributed by atoms with van der Waals surface area (Å²) in [5.74, 6) is 1.41. The second-order valence-electron chi connectivity index (χ2n) is 7.83. The van der Waals surface area contributed by atoms with Crippen LogP contribution in [0, 0.1) is 5.41 Å². The minimum atomic E-state index is -0.145. The van der Waals surface area contributed by atoms with Crippen molar-refractivity contribution in [3.05, 3.63) is 27.6 Å². The summed E-state index contributed by atoms with van der Waals surface area (Å²) in [6.45, 7) is 8.86. The molecule has 0 saturated carbocycles. The lowest BCUT2D eigenvalue weighted by Gasteiger charge is -2.26. The zero-order chi connectivity index (χ0) is 19.9. The summed E-state index contributed by atoms with van der Waals surface area (Å²) in [5, 5.41) is 11.8. The quantitative estimate of drug-likeness (QED) is 0.563. The van der Waals surface area contributed by atoms with Crippen molar-refractivity contribution >= 4 is 11.5 Å². The van der Waals surface area contributed by atoms with Crippen LogP contribution in [0.1, 0.15) is 70.9 Å². The number of nitrogens with zero attached hydrogens (tertiary/aromatic N) is 2. The summed E-state index contributed by atoms with van der Waals surface area (Å²) < 4.78 is 7.76. The van der Waals surface area contributed by atoms with E-state index in [0.29, 0.717) is 36.8 Å². The molecular weight excluding hydrogens is 354 g/mol. The highest BCUT2D eigenvalue weighted by molar-refractivity contribution is 6.03. The number of allylic oxidation sites excluding steroid dienone is 1. The number of piperidine rings is 1. The van der Waals surface area contributed by atoms with Gasteiger partial charge in [-0.15, -0.1) is 0 Å². The maximum Gasteiger partial charge on any atom is 0.327 e. The Kier molecular flexibility index (Phi) is 7.36. The zero-order valence-corrected chi connectivity index (χ0v) is 17.4. The highest BCUT2D eigenvalue weighted by Gasteiger charge is 2.25. The molecule has 1 aromatic heterocycles. The van der Waals surface area contributed by atoms with E-state index < -0.39 is 0 Å². The van der Waals surface area contributed by atoms with Crippen LogP contribution in [-0.2, 0) is 11.3 Å². The van der Waals surface area contributed by atoms with Crippen molar-refractivity contribution in [2.45, 2.75) is 71.8 Å². The number of unbranched alkanes of at least 4 members (excludes halogenated alkanes) is 1. The van der Waals surface area contributed by atoms with Gasteiger partial charge in [0.15, 0.2) is 5.88 Å². The number of likely N-dealkylation sites (tertiary alicyclic amines) is 1. The van der Waals surface area contributed by atoms with Gasteiger partial charge in [-0.25, -0.2) is 4.79 Å². The van der Waals surface area contributed by atoms with E-state index in [0.717, 1.165) is 43.7 Å². The molecule has 28 heavy (non-hydrogen) atoms. The molecule has 0 unspecified atom stereocenters. The maximum absolute atomic E-state index is 12.6. The molecule has 0 amide bonds. The van der Waals surface area contributed by atoms with Gasteiger partial charge in [-0.2, -0.15) is 0 Å². The highest BCUT2D eigenvalue weighted by Crippen LogP contribution is 2.27. The van der Waals surface area contributed by atoms with E-state index in [1.54, 1.807) is 4.57 Å². The van der Waals surface area contributed by atoms with Gasteiger partial charge in [-0.1, -0.05) is 26.7 Å². The van der Waals surface area contributed by atoms with Gasteiger partial charge in [0.1, 0.15) is 11.5 Å². The predicted molar refractivity (Wildman–Crippen MR) is 113 cm³/mol. The van der Waals surface area contributed by atoms with Gasteiger partial charge < -0.3 is 25.3 Å². The Balaban J connectivity index is 1.75. The number of hydrogen-bond acceptors (Lipinski definition) is 5. The number of aromatic nitrogens is 2. The number of imidazole rings is 1. The molecular formula is C21H35N5O2. The first-order chi connectivity index (χ1) is 13.6. The predicted octanol–water partition coefficient (Wildman–Crippen LogP) is 3.67. The number of aromatic amines is 1. The second-order valence-corrected chi connectivity index (χ2v) is 7.83. The van der Waals surface area contributed by atoms with Crippen molar-refractivity contribution in [1.82, 2.24) is 14.5 Å². The molecule has 0 radical (unpaired) electrons. The number of rotatable bonds is 9. The number of H-pyrrole nitrogens is 1. The fourth-order valence-electron chi connectivity index (χ4n) is 3.99. The molecule has 0 aromatic carbocycles. The third-order valence-corrected chi connectivity index (χ3v) is 5.70. The Hall–Kier alpha value is -2.02. The molecule has 2 aliphatic rings. The van der Waals surface area contributed by atoms with Gasteiger partial charge in [0.25, 0.3) is 0 Å². The SMILES string of the molecule is CCCCOC1=C(CC)CC(=N)c2[nH]c(=O)n(CCCN3CCCCC3)c2N1. The molecule has 0 atom stereocenters. The van der Waals surface area contributed by atoms with Crippen LogP contribution in [-0.4, -0.2) is 46.4 Å². The fraction of sp³-hybridized carbons (Fsp3) is 0.714. The minimum absolute atomic E-state index is 0.145. The fourth-order valence-corrected chi connectivity index (χ4v) is 3.99. The average Bonchev–Trinajstić information content (AvgIpc) is 2.95. The highest BCUT2D eigenvalue weighted by atomic mass is 16.5. The Morgan fingerprint density at radius 1 is 1.11 bits per heavy atom. The van der Waals surface area contributed by atoms with Crippen molar-refractivity contribution < 1.29 is 4.74 Å². The molecule has 3 rings (SSSR count). The number of hydrogen-bond donors (Lipinski definition) is 3. The van der Waals surface area contributed by atoms with Gasteiger partial charge in [-0.05, 0) is 57.3 Å². The smallest absolute Gasteiger partial charge is 0.327 e. The van der Waals surface area contributed by atoms with Crippen LogP contribution in [0.3, 0.4) is 0 Å². The van der Waals surface area contributed by atoms with Gasteiger partial charge >= 0.3 is 5.69 Å². The van der Waals surface area contributed by atoms with Crippen LogP contribution in [0.4, 0.5) is 5.82 Å². The van der Waals surface area contributed by atoms with E-state index in [4.69, 9.17) is 10.1 Å². The number of nitrogens with one attached hydrogen (secondary N) is 3. The van der Waals surface area contributed by atoms with Gasteiger partial charge in [0.2, 0.25) is 0 Å². The van der Waals surface area contributed by atoms with Crippen molar-refractivity contribution in [2.24, 2.45) is 0 Å². The zero-order valence-electron chi connectivity index (χ0n) is 17.4. The number of anilines is 1. The largest absolute Gasteiger partial charge is 0.479 e. The van der Waals surface area contributed by atoms with E-state index in [9.17, 15) is 4.79 Å². The van der Waals surface area contributed by atoms with Crippen molar-refractivity contribution in [3.63, 3.8) is 0 Å². The lowest BCUT2D eigenvalue weighted by molar-refractivity contribution is 0.207. The van der Waals surface area contributed by atoms with Crippen molar-refractivity contribution in [2.75, 3.05) is 31.6 Å². The maximum atomic E-state index is 12.6. The lowest BCUT2D eigenvalue weighted by Crippen LogP contribution is -2.31. The average molecular weight is 390 g/mol. The number of ether oxygens (including phenoxy) is 1. The second kappa shape index (κ2) is 9.96. The van der Waals surface area contributed by atoms with Crippen molar-refractivity contribution in [3.8, 4) is 0 Å². The van der Waals surface area contributed by atoms with Crippen LogP contribution in [0.25, 0.3) is 0 Å². The van der Waals surface area contributed by atoms with E-state index in [-0.39, 0.29) is 5.69 Å². The van der Waals surface area contributed by atoms with Gasteiger partial charge in [0, 0.05) is 13.0 Å². The van der Waals surface area contributed by atoms with Crippen LogP contribution in [0.5, 0.6) is 0 Å². The van der Waals surface area contributed by atoms with Gasteiger partial charge in [-0.3, -0.25) is 4.57 Å². The summed E-state index contributed by atoms with van der Waals surface area (Å²) in [4.78, 5) is 18.0. The molecule has 2 aliphatic heterocycles. The molecule has 1 aromatic rings. The summed E-state index contributed by atoms with van der Waals surface area (Å²) in [6, 6.07) is 0. The Morgan fingerprint density at radius 2 is 1.89 bits per heavy atom. The molecule has 7 nitrogen and oxygen atoms in total. The van der Waals surface area contributed by atoms with Crippen LogP contribution in [0.2, 0.25) is 0 Å². The van der Waals surface area contributed by atoms with Crippen molar-refractivity contribution in [1.29, 1.82) is 5.41 Å². The Bertz CT molecular complexity index is 755. The monoisotopic (exact) mass is 389 g/mol. The molecule has 0 aliphatic carbocycles. The Labute approximate surface area is 167 Å². The first-order valence-electron chi connectivity index (χ1n) is 10.9. The van der Waals surface area contributed by atoms with Crippen LogP contribution in [0.15, 0.2) is 16.3 Å². The standard InChI is InChI=1S/C21H35N5O2/c1-3-5-14-28-20-16(4-2)15-17(22)18-19(24-20)26(21(27)23-18)13-9-12-25-10-7-6-8-11-25/h22,24H,3-15H2,1-2H3,(H,23,27). The molecule has 156 valence electrons. The first-order valence-corrected chi connectivity index (χ1v) is 10.9. The summed E-state index contributed by atoms with van der Waals surface area (Å²) >= 11 is 0. The molecule has 3 heterocycles. The lowest BCUT2D eigenvalue weighted by atomic mass is 10.1. The first kappa shape index (κ1) is 20.7. The molecule has 3 N–H and O–H groups in total. The Morgan fingerprint density at radius 3 is 2.61 bits per heavy atom. The van der Waals surface area contributed by atoms with E-state index >= 15 is 0 Å².